The van der Waals surface area contributed by atoms with Gasteiger partial charge in [-0.1, -0.05) is 25.6 Å². The van der Waals surface area contributed by atoms with E-state index in [1.54, 1.807) is 0 Å². The summed E-state index contributed by atoms with van der Waals surface area (Å²) in [6, 6.07) is 0. The summed E-state index contributed by atoms with van der Waals surface area (Å²) in [6.45, 7) is 10.8. The Morgan fingerprint density at radius 1 is 1.30 bits per heavy atom. The van der Waals surface area contributed by atoms with Crippen molar-refractivity contribution in [3.05, 3.63) is 0 Å². The van der Waals surface area contributed by atoms with Crippen LogP contribution in [0.3, 0.4) is 0 Å². The lowest BCUT2D eigenvalue weighted by atomic mass is 10.1. The predicted molar refractivity (Wildman–Crippen MR) is 49.4 cm³/mol. The Morgan fingerprint density at radius 3 is 1.80 bits per heavy atom. The molecule has 0 heterocycles. The van der Waals surface area contributed by atoms with Crippen LogP contribution in [0.1, 0.15) is 13.8 Å². The quantitative estimate of drug-likeness (QED) is 0.474. The van der Waals surface area contributed by atoms with E-state index in [-0.39, 0.29) is 5.54 Å². The molecule has 0 atom stereocenters. The summed E-state index contributed by atoms with van der Waals surface area (Å²) in [5.41, 5.74) is -0.134. The maximum absolute atomic E-state index is 5.32. The third-order valence-corrected chi connectivity index (χ3v) is 2.42. The van der Waals surface area contributed by atoms with Gasteiger partial charge in [0.05, 0.1) is 5.54 Å². The lowest BCUT2D eigenvalue weighted by Gasteiger charge is -2.29. The highest BCUT2D eigenvalue weighted by Crippen LogP contribution is 2.05. The highest BCUT2D eigenvalue weighted by Gasteiger charge is 2.22. The summed E-state index contributed by atoms with van der Waals surface area (Å²) >= 11 is 0. The minimum Gasteiger partial charge on any atom is -0.323 e. The first-order valence-corrected chi connectivity index (χ1v) is 7.04. The Bertz CT molecular complexity index is 148. The van der Waals surface area contributed by atoms with E-state index < -0.39 is 8.24 Å². The molecule has 0 unspecified atom stereocenters. The van der Waals surface area contributed by atoms with E-state index in [2.05, 4.69) is 30.5 Å². The summed E-state index contributed by atoms with van der Waals surface area (Å²) < 4.78 is 0. The first-order chi connectivity index (χ1) is 4.27. The molecule has 0 aromatic heterocycles. The lowest BCUT2D eigenvalue weighted by Crippen LogP contribution is -2.52. The predicted octanol–water partition coefficient (Wildman–Crippen LogP) is 1.82. The van der Waals surface area contributed by atoms with Gasteiger partial charge in [-0.15, -0.1) is 6.42 Å². The van der Waals surface area contributed by atoms with Crippen molar-refractivity contribution in [2.24, 2.45) is 0 Å². The van der Waals surface area contributed by atoms with Gasteiger partial charge in [0.25, 0.3) is 0 Å². The molecule has 0 saturated carbocycles. The molecule has 0 aromatic carbocycles. The van der Waals surface area contributed by atoms with Crippen LogP contribution in [0.5, 0.6) is 0 Å². The van der Waals surface area contributed by atoms with Crippen molar-refractivity contribution < 1.29 is 0 Å². The van der Waals surface area contributed by atoms with Gasteiger partial charge in [0.1, 0.15) is 8.24 Å². The standard InChI is InChI=1S/C8H17NSi/c1-7-8(2,3)9-10(4,5)6/h1,9H,2-6H3. The molecule has 0 bridgehead atoms. The van der Waals surface area contributed by atoms with Gasteiger partial charge >= 0.3 is 0 Å². The van der Waals surface area contributed by atoms with E-state index >= 15 is 0 Å². The number of rotatable bonds is 2. The summed E-state index contributed by atoms with van der Waals surface area (Å²) in [4.78, 5) is 3.45. The number of hydrogen-bond acceptors (Lipinski definition) is 1. The number of nitrogens with one attached hydrogen (secondary N) is 1. The van der Waals surface area contributed by atoms with E-state index in [1.807, 2.05) is 13.8 Å². The molecule has 0 aromatic rings. The first-order valence-electron chi connectivity index (χ1n) is 3.54. The van der Waals surface area contributed by atoms with Crippen molar-refractivity contribution in [3.63, 3.8) is 0 Å². The average Bonchev–Trinajstić information content (AvgIpc) is 1.60. The summed E-state index contributed by atoms with van der Waals surface area (Å²) in [5.74, 6) is 2.72. The van der Waals surface area contributed by atoms with Crippen LogP contribution in [0.4, 0.5) is 0 Å². The molecule has 0 aliphatic heterocycles. The molecule has 0 aliphatic carbocycles. The van der Waals surface area contributed by atoms with E-state index in [0.717, 1.165) is 0 Å². The zero-order valence-corrected chi connectivity index (χ0v) is 8.58. The molecule has 0 saturated heterocycles. The van der Waals surface area contributed by atoms with Crippen molar-refractivity contribution in [1.29, 1.82) is 0 Å². The van der Waals surface area contributed by atoms with E-state index in [1.165, 1.54) is 0 Å². The van der Waals surface area contributed by atoms with Gasteiger partial charge in [-0.25, -0.2) is 0 Å². The third-order valence-electron chi connectivity index (χ3n) is 1.05. The minimum absolute atomic E-state index is 0.134. The van der Waals surface area contributed by atoms with E-state index in [9.17, 15) is 0 Å². The molecule has 0 fully saturated rings. The largest absolute Gasteiger partial charge is 0.323 e. The smallest absolute Gasteiger partial charge is 0.117 e. The monoisotopic (exact) mass is 155 g/mol. The van der Waals surface area contributed by atoms with Crippen LogP contribution >= 0.6 is 0 Å². The molecule has 1 nitrogen and oxygen atoms in total. The van der Waals surface area contributed by atoms with Crippen molar-refractivity contribution in [2.45, 2.75) is 39.0 Å². The lowest BCUT2D eigenvalue weighted by molar-refractivity contribution is 0.601. The van der Waals surface area contributed by atoms with E-state index in [4.69, 9.17) is 6.42 Å². The minimum atomic E-state index is -1.21. The molecule has 0 spiro atoms. The molecule has 0 radical (unpaired) electrons. The molecule has 1 N–H and O–H groups in total. The fourth-order valence-corrected chi connectivity index (χ4v) is 2.92. The molecule has 2 heteroatoms. The van der Waals surface area contributed by atoms with Crippen LogP contribution in [0.25, 0.3) is 0 Å². The van der Waals surface area contributed by atoms with Crippen LogP contribution in [-0.4, -0.2) is 13.8 Å². The van der Waals surface area contributed by atoms with Gasteiger partial charge in [0.15, 0.2) is 0 Å². The summed E-state index contributed by atoms with van der Waals surface area (Å²) in [7, 11) is -1.21. The maximum Gasteiger partial charge on any atom is 0.117 e. The second-order valence-electron chi connectivity index (χ2n) is 4.14. The first kappa shape index (κ1) is 9.74. The molecular weight excluding hydrogens is 138 g/mol. The summed E-state index contributed by atoms with van der Waals surface area (Å²) in [5, 5.41) is 0. The number of hydrogen-bond donors (Lipinski definition) is 1. The van der Waals surface area contributed by atoms with Gasteiger partial charge in [-0.2, -0.15) is 0 Å². The highest BCUT2D eigenvalue weighted by molar-refractivity contribution is 6.73. The normalized spacial score (nSPS) is 12.8. The van der Waals surface area contributed by atoms with Crippen LogP contribution < -0.4 is 4.98 Å². The maximum atomic E-state index is 5.32. The van der Waals surface area contributed by atoms with Crippen molar-refractivity contribution >= 4 is 8.24 Å². The SMILES string of the molecule is C#CC(C)(C)N[Si](C)(C)C. The van der Waals surface area contributed by atoms with Gasteiger partial charge in [-0.05, 0) is 13.8 Å². The zero-order chi connectivity index (χ0) is 8.41. The van der Waals surface area contributed by atoms with Gasteiger partial charge in [0, 0.05) is 0 Å². The van der Waals surface area contributed by atoms with Crippen LogP contribution in [-0.2, 0) is 0 Å². The second kappa shape index (κ2) is 2.77. The Hall–Kier alpha value is -0.263. The Morgan fingerprint density at radius 2 is 1.70 bits per heavy atom. The number of terminal acetylenes is 1. The highest BCUT2D eigenvalue weighted by atomic mass is 28.3. The third kappa shape index (κ3) is 4.60. The zero-order valence-electron chi connectivity index (χ0n) is 7.58. The van der Waals surface area contributed by atoms with Crippen molar-refractivity contribution in [3.8, 4) is 12.3 Å². The van der Waals surface area contributed by atoms with Crippen LogP contribution in [0.2, 0.25) is 19.6 Å². The Labute approximate surface area is 65.3 Å². The van der Waals surface area contributed by atoms with Crippen LogP contribution in [0.15, 0.2) is 0 Å². The summed E-state index contributed by atoms with van der Waals surface area (Å²) in [6.07, 6.45) is 5.32. The molecule has 0 amide bonds. The fraction of sp³-hybridized carbons (Fsp3) is 0.750. The van der Waals surface area contributed by atoms with E-state index in [0.29, 0.717) is 0 Å². The van der Waals surface area contributed by atoms with Gasteiger partial charge in [0.2, 0.25) is 0 Å². The fourth-order valence-electron chi connectivity index (χ4n) is 0.974. The van der Waals surface area contributed by atoms with Gasteiger partial charge < -0.3 is 4.98 Å². The molecule has 10 heavy (non-hydrogen) atoms. The van der Waals surface area contributed by atoms with Gasteiger partial charge in [-0.3, -0.25) is 0 Å². The molecular formula is C8H17NSi. The Kier molecular flexibility index (Phi) is 2.70. The molecule has 58 valence electrons. The van der Waals surface area contributed by atoms with Crippen molar-refractivity contribution in [2.75, 3.05) is 0 Å². The molecule has 0 rings (SSSR count). The topological polar surface area (TPSA) is 12.0 Å². The second-order valence-corrected chi connectivity index (χ2v) is 8.89. The average molecular weight is 155 g/mol. The molecule has 0 aliphatic rings. The van der Waals surface area contributed by atoms with Crippen molar-refractivity contribution in [1.82, 2.24) is 4.98 Å². The van der Waals surface area contributed by atoms with Crippen LogP contribution in [0, 0.1) is 12.3 Å². The Balaban J connectivity index is 4.05.